The SMILES string of the molecule is CCO/C(C)=N\OCCCCN(C)C[C@H]1O[C@@H](n2c(C)nc3c(N)ncnc32)[C@H](O)[C@@H]1O.O=S(=O)([O-])[O-]. The highest BCUT2D eigenvalue weighted by molar-refractivity contribution is 7.79. The van der Waals surface area contributed by atoms with E-state index in [1.807, 2.05) is 14.0 Å². The molecule has 0 amide bonds. The van der Waals surface area contributed by atoms with Crippen molar-refractivity contribution in [1.82, 2.24) is 24.4 Å². The van der Waals surface area contributed by atoms with Gasteiger partial charge in [-0.1, -0.05) is 5.16 Å². The number of ether oxygens (including phenoxy) is 2. The molecule has 2 aromatic rings. The van der Waals surface area contributed by atoms with Gasteiger partial charge in [0.2, 0.25) is 5.90 Å². The highest BCUT2D eigenvalue weighted by Gasteiger charge is 2.45. The zero-order chi connectivity index (χ0) is 27.8. The van der Waals surface area contributed by atoms with Crippen LogP contribution in [0.25, 0.3) is 11.2 Å². The Balaban J connectivity index is 0.000000877. The summed E-state index contributed by atoms with van der Waals surface area (Å²) in [6, 6.07) is 0. The number of imidazole rings is 1. The summed E-state index contributed by atoms with van der Waals surface area (Å²) in [6.45, 7) is 7.71. The monoisotopic (exact) mass is 547 g/mol. The van der Waals surface area contributed by atoms with Crippen LogP contribution in [0.3, 0.4) is 0 Å². The van der Waals surface area contributed by atoms with Crippen molar-refractivity contribution in [2.24, 2.45) is 5.16 Å². The van der Waals surface area contributed by atoms with Crippen LogP contribution in [-0.2, 0) is 24.7 Å². The molecule has 0 bridgehead atoms. The third kappa shape index (κ3) is 9.29. The zero-order valence-corrected chi connectivity index (χ0v) is 21.9. The molecule has 0 aliphatic carbocycles. The maximum absolute atomic E-state index is 10.7. The smallest absolute Gasteiger partial charge is 0.222 e. The minimum atomic E-state index is -5.17. The lowest BCUT2D eigenvalue weighted by Crippen LogP contribution is -2.38. The molecule has 3 heterocycles. The second-order valence-electron chi connectivity index (χ2n) is 8.26. The van der Waals surface area contributed by atoms with Crippen LogP contribution >= 0.6 is 0 Å². The molecular weight excluding hydrogens is 514 g/mol. The van der Waals surface area contributed by atoms with Gasteiger partial charge in [0.05, 0.1) is 6.61 Å². The maximum Gasteiger partial charge on any atom is 0.222 e. The van der Waals surface area contributed by atoms with E-state index in [0.717, 1.165) is 19.4 Å². The lowest BCUT2D eigenvalue weighted by Gasteiger charge is -2.22. The highest BCUT2D eigenvalue weighted by atomic mass is 32.3. The maximum atomic E-state index is 10.7. The Hall–Kier alpha value is -2.67. The van der Waals surface area contributed by atoms with E-state index in [0.29, 0.717) is 42.6 Å². The fraction of sp³-hybridized carbons (Fsp3) is 0.700. The van der Waals surface area contributed by atoms with Crippen LogP contribution in [0, 0.1) is 6.92 Å². The Morgan fingerprint density at radius 3 is 2.62 bits per heavy atom. The predicted octanol–water partition coefficient (Wildman–Crippen LogP) is -0.903. The zero-order valence-electron chi connectivity index (χ0n) is 21.1. The van der Waals surface area contributed by atoms with E-state index in [1.54, 1.807) is 18.4 Å². The van der Waals surface area contributed by atoms with Gasteiger partial charge < -0.3 is 44.3 Å². The summed E-state index contributed by atoms with van der Waals surface area (Å²) < 4.78 is 47.0. The van der Waals surface area contributed by atoms with Crippen molar-refractivity contribution in [3.05, 3.63) is 12.2 Å². The van der Waals surface area contributed by atoms with Gasteiger partial charge in [0.1, 0.15) is 37.1 Å². The Morgan fingerprint density at radius 2 is 1.97 bits per heavy atom. The number of likely N-dealkylation sites (N-methyl/N-ethyl adjacent to an activating group) is 1. The lowest BCUT2D eigenvalue weighted by atomic mass is 10.1. The summed E-state index contributed by atoms with van der Waals surface area (Å²) in [5, 5.41) is 25.1. The molecule has 0 radical (unpaired) electrons. The van der Waals surface area contributed by atoms with E-state index in [1.165, 1.54) is 6.33 Å². The molecule has 1 saturated heterocycles. The van der Waals surface area contributed by atoms with Crippen molar-refractivity contribution in [2.45, 2.75) is 58.2 Å². The minimum absolute atomic E-state index is 0.254. The van der Waals surface area contributed by atoms with Crippen LogP contribution in [0.1, 0.15) is 38.7 Å². The number of rotatable bonds is 10. The van der Waals surface area contributed by atoms with Crippen LogP contribution < -0.4 is 5.73 Å². The number of fused-ring (bicyclic) bond motifs is 1. The quantitative estimate of drug-likeness (QED) is 0.0816. The van der Waals surface area contributed by atoms with Crippen LogP contribution in [-0.4, -0.2) is 110 Å². The van der Waals surface area contributed by atoms with Gasteiger partial charge in [-0.15, -0.1) is 0 Å². The Kier molecular flexibility index (Phi) is 11.4. The first kappa shape index (κ1) is 30.6. The molecule has 17 heteroatoms. The second-order valence-corrected chi connectivity index (χ2v) is 9.08. The number of nitrogens with zero attached hydrogens (tertiary/aromatic N) is 6. The van der Waals surface area contributed by atoms with Gasteiger partial charge in [0.15, 0.2) is 23.2 Å². The fourth-order valence-corrected chi connectivity index (χ4v) is 3.75. The summed E-state index contributed by atoms with van der Waals surface area (Å²) >= 11 is 0. The number of oxime groups is 1. The number of nitrogens with two attached hydrogens (primary N) is 1. The third-order valence-electron chi connectivity index (χ3n) is 5.34. The second kappa shape index (κ2) is 13.8. The molecule has 210 valence electrons. The number of aliphatic hydroxyl groups excluding tert-OH is 2. The van der Waals surface area contributed by atoms with E-state index in [4.69, 9.17) is 37.6 Å². The summed E-state index contributed by atoms with van der Waals surface area (Å²) in [5.41, 5.74) is 6.79. The van der Waals surface area contributed by atoms with Gasteiger partial charge >= 0.3 is 0 Å². The minimum Gasteiger partial charge on any atom is -0.759 e. The van der Waals surface area contributed by atoms with Crippen molar-refractivity contribution < 1.29 is 42.0 Å². The molecule has 2 aromatic heterocycles. The Morgan fingerprint density at radius 1 is 1.30 bits per heavy atom. The number of nitrogen functional groups attached to an aromatic ring is 1. The molecule has 1 fully saturated rings. The van der Waals surface area contributed by atoms with E-state index in [2.05, 4.69) is 25.0 Å². The third-order valence-corrected chi connectivity index (χ3v) is 5.34. The largest absolute Gasteiger partial charge is 0.759 e. The first-order chi connectivity index (χ1) is 17.3. The lowest BCUT2D eigenvalue weighted by molar-refractivity contribution is -0.0432. The van der Waals surface area contributed by atoms with Crippen LogP contribution in [0.5, 0.6) is 0 Å². The molecule has 0 aromatic carbocycles. The molecule has 0 saturated carbocycles. The fourth-order valence-electron chi connectivity index (χ4n) is 3.75. The average Bonchev–Trinajstić information content (AvgIpc) is 3.26. The van der Waals surface area contributed by atoms with E-state index >= 15 is 0 Å². The van der Waals surface area contributed by atoms with Gasteiger partial charge in [-0.3, -0.25) is 13.0 Å². The topological polar surface area (TPSA) is 234 Å². The van der Waals surface area contributed by atoms with Crippen molar-refractivity contribution in [1.29, 1.82) is 0 Å². The molecule has 1 aliphatic heterocycles. The van der Waals surface area contributed by atoms with Gasteiger partial charge in [-0.05, 0) is 40.3 Å². The van der Waals surface area contributed by atoms with Gasteiger partial charge in [0, 0.05) is 23.9 Å². The highest BCUT2D eigenvalue weighted by Crippen LogP contribution is 2.33. The summed E-state index contributed by atoms with van der Waals surface area (Å²) in [7, 11) is -3.22. The number of aliphatic hydroxyl groups is 2. The van der Waals surface area contributed by atoms with Crippen LogP contribution in [0.15, 0.2) is 11.5 Å². The van der Waals surface area contributed by atoms with E-state index in [9.17, 15) is 10.2 Å². The number of anilines is 1. The number of hydrogen-bond donors (Lipinski definition) is 3. The molecule has 1 aliphatic rings. The standard InChI is InChI=1S/C20H33N7O5.H2O4S/c1-5-30-13(3)25-31-9-7-6-8-26(4)10-14-16(28)17(29)20(32-14)27-12(2)24-15-18(21)22-11-23-19(15)27;1-5(2,3)4/h11,14,16-17,20,28-29H,5-10H2,1-4H3,(H2,21,22,23);(H2,1,2,3,4)/p-2/b25-13-;/t14-,16-,17-,20-;/m1./s1. The average molecular weight is 548 g/mol. The molecule has 37 heavy (non-hydrogen) atoms. The first-order valence-corrected chi connectivity index (χ1v) is 12.8. The molecule has 3 rings (SSSR count). The summed E-state index contributed by atoms with van der Waals surface area (Å²) in [5.74, 6) is 1.34. The molecule has 0 spiro atoms. The first-order valence-electron chi connectivity index (χ1n) is 11.4. The molecular formula is C20H33N7O9S-2. The number of aromatic nitrogens is 4. The molecule has 16 nitrogen and oxygen atoms in total. The number of hydrogen-bond acceptors (Lipinski definition) is 15. The van der Waals surface area contributed by atoms with Crippen molar-refractivity contribution in [2.75, 3.05) is 39.1 Å². The predicted molar refractivity (Wildman–Crippen MR) is 128 cm³/mol. The van der Waals surface area contributed by atoms with Gasteiger partial charge in [-0.2, -0.15) is 0 Å². The molecule has 4 N–H and O–H groups in total. The van der Waals surface area contributed by atoms with E-state index in [-0.39, 0.29) is 5.82 Å². The summed E-state index contributed by atoms with van der Waals surface area (Å²) in [6.07, 6.45) is -0.499. The van der Waals surface area contributed by atoms with E-state index < -0.39 is 34.9 Å². The Bertz CT molecular complexity index is 1140. The normalized spacial score (nSPS) is 22.2. The number of aryl methyl sites for hydroxylation is 1. The molecule has 0 unspecified atom stereocenters. The van der Waals surface area contributed by atoms with Crippen molar-refractivity contribution in [3.8, 4) is 0 Å². The molecule has 4 atom stereocenters. The van der Waals surface area contributed by atoms with Gasteiger partial charge in [-0.25, -0.2) is 15.0 Å². The van der Waals surface area contributed by atoms with Crippen molar-refractivity contribution >= 4 is 33.3 Å². The number of unbranched alkanes of at least 4 members (excludes halogenated alkanes) is 1. The van der Waals surface area contributed by atoms with Crippen LogP contribution in [0.4, 0.5) is 5.82 Å². The summed E-state index contributed by atoms with van der Waals surface area (Å²) in [4.78, 5) is 19.9. The van der Waals surface area contributed by atoms with Crippen molar-refractivity contribution in [3.63, 3.8) is 0 Å². The Labute approximate surface area is 214 Å². The van der Waals surface area contributed by atoms with Crippen LogP contribution in [0.2, 0.25) is 0 Å². The van der Waals surface area contributed by atoms with Gasteiger partial charge in [0.25, 0.3) is 0 Å².